The number of halogens is 1. The van der Waals surface area contributed by atoms with Gasteiger partial charge in [-0.25, -0.2) is 4.39 Å². The molecule has 2 aromatic rings. The van der Waals surface area contributed by atoms with Crippen LogP contribution in [0.2, 0.25) is 0 Å². The van der Waals surface area contributed by atoms with E-state index in [1.54, 1.807) is 26.0 Å². The van der Waals surface area contributed by atoms with Gasteiger partial charge in [0.15, 0.2) is 6.10 Å². The summed E-state index contributed by atoms with van der Waals surface area (Å²) in [5.41, 5.74) is 2.38. The lowest BCUT2D eigenvalue weighted by atomic mass is 10.1. The van der Waals surface area contributed by atoms with Crippen molar-refractivity contribution in [3.63, 3.8) is 0 Å². The summed E-state index contributed by atoms with van der Waals surface area (Å²) in [6.45, 7) is 5.63. The summed E-state index contributed by atoms with van der Waals surface area (Å²) in [6.07, 6.45) is -0.614. The van der Waals surface area contributed by atoms with Gasteiger partial charge in [-0.2, -0.15) is 0 Å². The van der Waals surface area contributed by atoms with Crippen molar-refractivity contribution in [2.24, 2.45) is 0 Å². The zero-order valence-corrected chi connectivity index (χ0v) is 13.0. The lowest BCUT2D eigenvalue weighted by molar-refractivity contribution is -0.127. The molecule has 1 N–H and O–H groups in total. The van der Waals surface area contributed by atoms with Crippen molar-refractivity contribution in [1.29, 1.82) is 0 Å². The van der Waals surface area contributed by atoms with E-state index in [-0.39, 0.29) is 18.3 Å². The Morgan fingerprint density at radius 1 is 1.23 bits per heavy atom. The van der Waals surface area contributed by atoms with Crippen LogP contribution in [0.4, 0.5) is 4.39 Å². The fraction of sp³-hybridized carbons (Fsp3) is 0.278. The van der Waals surface area contributed by atoms with Crippen LogP contribution in [0.1, 0.15) is 23.6 Å². The normalized spacial score (nSPS) is 11.8. The molecule has 0 saturated heterocycles. The van der Waals surface area contributed by atoms with Gasteiger partial charge >= 0.3 is 0 Å². The number of carbonyl (C=O) groups is 1. The maximum absolute atomic E-state index is 13.5. The molecule has 2 aromatic carbocycles. The van der Waals surface area contributed by atoms with Crippen molar-refractivity contribution in [2.75, 3.05) is 0 Å². The number of nitrogens with one attached hydrogen (secondary N) is 1. The second kappa shape index (κ2) is 7.07. The Kier molecular flexibility index (Phi) is 5.15. The smallest absolute Gasteiger partial charge is 0.261 e. The van der Waals surface area contributed by atoms with E-state index in [0.29, 0.717) is 11.3 Å². The highest BCUT2D eigenvalue weighted by molar-refractivity contribution is 5.80. The van der Waals surface area contributed by atoms with Gasteiger partial charge in [-0.1, -0.05) is 24.3 Å². The average molecular weight is 301 g/mol. The van der Waals surface area contributed by atoms with Crippen molar-refractivity contribution in [3.05, 3.63) is 65.0 Å². The molecular weight excluding hydrogens is 281 g/mol. The summed E-state index contributed by atoms with van der Waals surface area (Å²) < 4.78 is 19.1. The molecule has 0 aromatic heterocycles. The van der Waals surface area contributed by atoms with Crippen molar-refractivity contribution in [2.45, 2.75) is 33.4 Å². The number of ether oxygens (including phenoxy) is 1. The minimum Gasteiger partial charge on any atom is -0.481 e. The Morgan fingerprint density at radius 3 is 2.68 bits per heavy atom. The number of hydrogen-bond acceptors (Lipinski definition) is 2. The predicted octanol–water partition coefficient (Wildman–Crippen LogP) is 3.53. The third kappa shape index (κ3) is 4.32. The zero-order chi connectivity index (χ0) is 16.1. The molecule has 4 heteroatoms. The van der Waals surface area contributed by atoms with Crippen LogP contribution in [-0.2, 0) is 11.3 Å². The van der Waals surface area contributed by atoms with Gasteiger partial charge in [0.2, 0.25) is 0 Å². The molecule has 2 rings (SSSR count). The average Bonchev–Trinajstić information content (AvgIpc) is 2.48. The molecule has 0 fully saturated rings. The molecule has 0 aliphatic rings. The Labute approximate surface area is 130 Å². The Morgan fingerprint density at radius 2 is 2.00 bits per heavy atom. The van der Waals surface area contributed by atoms with Gasteiger partial charge in [0.05, 0.1) is 0 Å². The minimum atomic E-state index is -0.614. The standard InChI is InChI=1S/C18H20FNO2/c1-12-5-4-6-16(9-12)22-14(3)18(21)20-11-15-8-7-13(2)17(19)10-15/h4-10,14H,11H2,1-3H3,(H,20,21). The first-order valence-corrected chi connectivity index (χ1v) is 7.22. The van der Waals surface area contributed by atoms with Crippen molar-refractivity contribution >= 4 is 5.91 Å². The Bertz CT molecular complexity index is 670. The first-order chi connectivity index (χ1) is 10.5. The number of carbonyl (C=O) groups excluding carboxylic acids is 1. The predicted molar refractivity (Wildman–Crippen MR) is 84.3 cm³/mol. The quantitative estimate of drug-likeness (QED) is 0.917. The molecule has 0 bridgehead atoms. The van der Waals surface area contributed by atoms with E-state index < -0.39 is 6.10 Å². The monoisotopic (exact) mass is 301 g/mol. The van der Waals surface area contributed by atoms with E-state index in [1.807, 2.05) is 31.2 Å². The Hall–Kier alpha value is -2.36. The molecule has 116 valence electrons. The van der Waals surface area contributed by atoms with Crippen LogP contribution in [-0.4, -0.2) is 12.0 Å². The number of rotatable bonds is 5. The van der Waals surface area contributed by atoms with Crippen LogP contribution in [0.15, 0.2) is 42.5 Å². The summed E-state index contributed by atoms with van der Waals surface area (Å²) in [6, 6.07) is 12.5. The summed E-state index contributed by atoms with van der Waals surface area (Å²) in [4.78, 5) is 12.0. The molecule has 1 amide bonds. The van der Waals surface area contributed by atoms with Crippen LogP contribution < -0.4 is 10.1 Å². The van der Waals surface area contributed by atoms with E-state index in [4.69, 9.17) is 4.74 Å². The summed E-state index contributed by atoms with van der Waals surface area (Å²) in [7, 11) is 0. The number of benzene rings is 2. The SMILES string of the molecule is Cc1cccc(OC(C)C(=O)NCc2ccc(C)c(F)c2)c1. The fourth-order valence-corrected chi connectivity index (χ4v) is 2.03. The second-order valence-corrected chi connectivity index (χ2v) is 5.38. The number of amides is 1. The molecule has 0 heterocycles. The van der Waals surface area contributed by atoms with E-state index in [2.05, 4.69) is 5.32 Å². The van der Waals surface area contributed by atoms with Gasteiger partial charge < -0.3 is 10.1 Å². The lowest BCUT2D eigenvalue weighted by Crippen LogP contribution is -2.35. The molecule has 3 nitrogen and oxygen atoms in total. The van der Waals surface area contributed by atoms with Gasteiger partial charge in [0.25, 0.3) is 5.91 Å². The molecule has 0 saturated carbocycles. The van der Waals surface area contributed by atoms with E-state index in [9.17, 15) is 9.18 Å². The number of aryl methyl sites for hydroxylation is 2. The maximum atomic E-state index is 13.5. The molecule has 22 heavy (non-hydrogen) atoms. The van der Waals surface area contributed by atoms with Crippen LogP contribution in [0.3, 0.4) is 0 Å². The highest BCUT2D eigenvalue weighted by atomic mass is 19.1. The molecule has 0 spiro atoms. The topological polar surface area (TPSA) is 38.3 Å². The summed E-state index contributed by atoms with van der Waals surface area (Å²) in [5.74, 6) is 0.155. The molecule has 1 atom stereocenters. The first kappa shape index (κ1) is 16.0. The third-order valence-electron chi connectivity index (χ3n) is 3.37. The van der Waals surface area contributed by atoms with Crippen LogP contribution in [0.5, 0.6) is 5.75 Å². The van der Waals surface area contributed by atoms with E-state index in [0.717, 1.165) is 11.1 Å². The van der Waals surface area contributed by atoms with Crippen molar-refractivity contribution in [1.82, 2.24) is 5.32 Å². The highest BCUT2D eigenvalue weighted by Crippen LogP contribution is 2.14. The summed E-state index contributed by atoms with van der Waals surface area (Å²) >= 11 is 0. The minimum absolute atomic E-state index is 0.234. The van der Waals surface area contributed by atoms with Crippen LogP contribution >= 0.6 is 0 Å². The Balaban J connectivity index is 1.89. The summed E-state index contributed by atoms with van der Waals surface area (Å²) in [5, 5.41) is 2.75. The van der Waals surface area contributed by atoms with Crippen LogP contribution in [0.25, 0.3) is 0 Å². The van der Waals surface area contributed by atoms with Crippen molar-refractivity contribution in [3.8, 4) is 5.75 Å². The third-order valence-corrected chi connectivity index (χ3v) is 3.37. The largest absolute Gasteiger partial charge is 0.481 e. The maximum Gasteiger partial charge on any atom is 0.261 e. The van der Waals surface area contributed by atoms with Crippen molar-refractivity contribution < 1.29 is 13.9 Å². The first-order valence-electron chi connectivity index (χ1n) is 7.22. The second-order valence-electron chi connectivity index (χ2n) is 5.38. The number of hydrogen-bond donors (Lipinski definition) is 1. The molecule has 0 aliphatic heterocycles. The van der Waals surface area contributed by atoms with Gasteiger partial charge in [-0.3, -0.25) is 4.79 Å². The highest BCUT2D eigenvalue weighted by Gasteiger charge is 2.14. The van der Waals surface area contributed by atoms with Crippen LogP contribution in [0, 0.1) is 19.7 Å². The molecule has 1 unspecified atom stereocenters. The lowest BCUT2D eigenvalue weighted by Gasteiger charge is -2.15. The molecule has 0 radical (unpaired) electrons. The zero-order valence-electron chi connectivity index (χ0n) is 13.0. The molecular formula is C18H20FNO2. The van der Waals surface area contributed by atoms with Gasteiger partial charge in [-0.15, -0.1) is 0 Å². The van der Waals surface area contributed by atoms with Gasteiger partial charge in [-0.05, 0) is 55.7 Å². The van der Waals surface area contributed by atoms with E-state index >= 15 is 0 Å². The molecule has 0 aliphatic carbocycles. The van der Waals surface area contributed by atoms with E-state index in [1.165, 1.54) is 6.07 Å². The van der Waals surface area contributed by atoms with Gasteiger partial charge in [0, 0.05) is 6.54 Å². The fourth-order valence-electron chi connectivity index (χ4n) is 2.03. The van der Waals surface area contributed by atoms with Gasteiger partial charge in [0.1, 0.15) is 11.6 Å².